The number of ether oxygens (including phenoxy) is 2. The maximum atomic E-state index is 13.2. The fourth-order valence-corrected chi connectivity index (χ4v) is 1.59. The molecule has 1 atom stereocenters. The molecule has 1 heterocycles. The van der Waals surface area contributed by atoms with Gasteiger partial charge in [-0.1, -0.05) is 0 Å². The predicted octanol–water partition coefficient (Wildman–Crippen LogP) is 1.61. The number of carbonyl (C=O) groups is 1. The van der Waals surface area contributed by atoms with E-state index < -0.39 is 23.5 Å². The predicted molar refractivity (Wildman–Crippen MR) is 46.6 cm³/mol. The van der Waals surface area contributed by atoms with Crippen molar-refractivity contribution < 1.29 is 23.0 Å². The van der Waals surface area contributed by atoms with Crippen molar-refractivity contribution in [2.75, 3.05) is 13.7 Å². The van der Waals surface area contributed by atoms with Gasteiger partial charge >= 0.3 is 5.97 Å². The fraction of sp³-hybridized carbons (Fsp3) is 0.300. The Bertz CT molecular complexity index is 417. The Balaban J connectivity index is 2.46. The van der Waals surface area contributed by atoms with Gasteiger partial charge in [-0.25, -0.2) is 8.78 Å². The van der Waals surface area contributed by atoms with Gasteiger partial charge in [-0.2, -0.15) is 0 Å². The van der Waals surface area contributed by atoms with Gasteiger partial charge in [0.05, 0.1) is 7.11 Å². The lowest BCUT2D eigenvalue weighted by molar-refractivity contribution is -0.142. The zero-order valence-corrected chi connectivity index (χ0v) is 7.92. The minimum Gasteiger partial charge on any atom is -0.489 e. The third-order valence-electron chi connectivity index (χ3n) is 2.29. The van der Waals surface area contributed by atoms with E-state index in [1.165, 1.54) is 7.11 Å². The van der Waals surface area contributed by atoms with Crippen LogP contribution in [0.3, 0.4) is 0 Å². The van der Waals surface area contributed by atoms with Crippen LogP contribution in [0.15, 0.2) is 12.1 Å². The van der Waals surface area contributed by atoms with E-state index in [-0.39, 0.29) is 17.9 Å². The highest BCUT2D eigenvalue weighted by atomic mass is 19.1. The Labute approximate surface area is 84.6 Å². The Hall–Kier alpha value is -1.65. The Morgan fingerprint density at radius 2 is 2.27 bits per heavy atom. The average Bonchev–Trinajstić information content (AvgIpc) is 2.60. The molecule has 3 nitrogen and oxygen atoms in total. The third kappa shape index (κ3) is 1.54. The van der Waals surface area contributed by atoms with Gasteiger partial charge in [0, 0.05) is 11.6 Å². The molecule has 1 unspecified atom stereocenters. The molecule has 5 heteroatoms. The van der Waals surface area contributed by atoms with Crippen molar-refractivity contribution in [2.45, 2.75) is 5.92 Å². The summed E-state index contributed by atoms with van der Waals surface area (Å²) in [7, 11) is 1.22. The summed E-state index contributed by atoms with van der Waals surface area (Å²) in [4.78, 5) is 11.3. The number of rotatable bonds is 1. The van der Waals surface area contributed by atoms with E-state index in [4.69, 9.17) is 4.74 Å². The summed E-state index contributed by atoms with van der Waals surface area (Å²) in [5, 5.41) is 0. The molecule has 0 saturated carbocycles. The van der Waals surface area contributed by atoms with Gasteiger partial charge < -0.3 is 9.47 Å². The monoisotopic (exact) mass is 214 g/mol. The lowest BCUT2D eigenvalue weighted by Crippen LogP contribution is -2.15. The second-order valence-corrected chi connectivity index (χ2v) is 3.19. The van der Waals surface area contributed by atoms with E-state index in [1.54, 1.807) is 0 Å². The molecule has 15 heavy (non-hydrogen) atoms. The van der Waals surface area contributed by atoms with Crippen LogP contribution in [0.5, 0.6) is 5.75 Å². The second kappa shape index (κ2) is 3.49. The van der Waals surface area contributed by atoms with Gasteiger partial charge in [0.15, 0.2) is 11.6 Å². The van der Waals surface area contributed by atoms with Gasteiger partial charge in [0.2, 0.25) is 0 Å². The number of esters is 1. The van der Waals surface area contributed by atoms with E-state index >= 15 is 0 Å². The summed E-state index contributed by atoms with van der Waals surface area (Å²) in [5.41, 5.74) is 0.208. The largest absolute Gasteiger partial charge is 0.489 e. The SMILES string of the molecule is COC(=O)C1COc2c(F)cc(F)cc21. The van der Waals surface area contributed by atoms with E-state index in [0.29, 0.717) is 0 Å². The van der Waals surface area contributed by atoms with Crippen LogP contribution < -0.4 is 4.74 Å². The first-order valence-corrected chi connectivity index (χ1v) is 4.33. The summed E-state index contributed by atoms with van der Waals surface area (Å²) < 4.78 is 35.6. The number of carbonyl (C=O) groups excluding carboxylic acids is 1. The number of halogens is 2. The van der Waals surface area contributed by atoms with Crippen molar-refractivity contribution in [1.82, 2.24) is 0 Å². The summed E-state index contributed by atoms with van der Waals surface area (Å²) in [6.45, 7) is -0.0115. The van der Waals surface area contributed by atoms with Crippen LogP contribution in [0.4, 0.5) is 8.78 Å². The van der Waals surface area contributed by atoms with E-state index in [1.807, 2.05) is 0 Å². The highest BCUT2D eigenvalue weighted by Crippen LogP contribution is 2.37. The van der Waals surface area contributed by atoms with Gasteiger partial charge in [-0.3, -0.25) is 4.79 Å². The Morgan fingerprint density at radius 1 is 1.53 bits per heavy atom. The topological polar surface area (TPSA) is 35.5 Å². The van der Waals surface area contributed by atoms with Crippen LogP contribution in [-0.2, 0) is 9.53 Å². The summed E-state index contributed by atoms with van der Waals surface area (Å²) in [5.74, 6) is -2.89. The first-order chi connectivity index (χ1) is 7.13. The number of benzene rings is 1. The number of fused-ring (bicyclic) bond motifs is 1. The molecule has 0 radical (unpaired) electrons. The normalized spacial score (nSPS) is 18.2. The second-order valence-electron chi connectivity index (χ2n) is 3.19. The molecule has 1 aromatic rings. The van der Waals surface area contributed by atoms with E-state index in [9.17, 15) is 13.6 Å². The maximum Gasteiger partial charge on any atom is 0.316 e. The quantitative estimate of drug-likeness (QED) is 0.666. The first-order valence-electron chi connectivity index (χ1n) is 4.33. The smallest absolute Gasteiger partial charge is 0.316 e. The summed E-state index contributed by atoms with van der Waals surface area (Å²) >= 11 is 0. The van der Waals surface area contributed by atoms with Crippen molar-refractivity contribution in [3.05, 3.63) is 29.3 Å². The van der Waals surface area contributed by atoms with Crippen LogP contribution in [0, 0.1) is 11.6 Å². The zero-order chi connectivity index (χ0) is 11.0. The van der Waals surface area contributed by atoms with Gasteiger partial charge in [0.1, 0.15) is 18.3 Å². The number of hydrogen-bond donors (Lipinski definition) is 0. The highest BCUT2D eigenvalue weighted by Gasteiger charge is 2.33. The molecule has 2 rings (SSSR count). The van der Waals surface area contributed by atoms with Crippen molar-refractivity contribution in [2.24, 2.45) is 0 Å². The van der Waals surface area contributed by atoms with Crippen LogP contribution >= 0.6 is 0 Å². The van der Waals surface area contributed by atoms with E-state index in [0.717, 1.165) is 12.1 Å². The number of methoxy groups -OCH3 is 1. The van der Waals surface area contributed by atoms with Crippen molar-refractivity contribution in [3.8, 4) is 5.75 Å². The van der Waals surface area contributed by atoms with Crippen LogP contribution in [-0.4, -0.2) is 19.7 Å². The van der Waals surface area contributed by atoms with Crippen molar-refractivity contribution in [3.63, 3.8) is 0 Å². The fourth-order valence-electron chi connectivity index (χ4n) is 1.59. The molecule has 1 aliphatic heterocycles. The van der Waals surface area contributed by atoms with Gasteiger partial charge in [-0.05, 0) is 6.07 Å². The molecule has 0 N–H and O–H groups in total. The molecule has 0 aliphatic carbocycles. The summed E-state index contributed by atoms with van der Waals surface area (Å²) in [6, 6.07) is 1.81. The maximum absolute atomic E-state index is 13.2. The van der Waals surface area contributed by atoms with Crippen LogP contribution in [0.1, 0.15) is 11.5 Å². The highest BCUT2D eigenvalue weighted by molar-refractivity contribution is 5.80. The minimum absolute atomic E-state index is 0.0115. The molecule has 80 valence electrons. The Kier molecular flexibility index (Phi) is 2.30. The molecule has 0 saturated heterocycles. The van der Waals surface area contributed by atoms with Crippen LogP contribution in [0.25, 0.3) is 0 Å². The van der Waals surface area contributed by atoms with Gasteiger partial charge in [-0.15, -0.1) is 0 Å². The van der Waals surface area contributed by atoms with Crippen molar-refractivity contribution in [1.29, 1.82) is 0 Å². The van der Waals surface area contributed by atoms with Crippen molar-refractivity contribution >= 4 is 5.97 Å². The average molecular weight is 214 g/mol. The molecule has 0 amide bonds. The zero-order valence-electron chi connectivity index (χ0n) is 7.92. The van der Waals surface area contributed by atoms with Gasteiger partial charge in [0.25, 0.3) is 0 Å². The molecule has 0 fully saturated rings. The molecule has 0 aromatic heterocycles. The molecule has 1 aliphatic rings. The third-order valence-corrected chi connectivity index (χ3v) is 2.29. The molecular formula is C10H8F2O3. The standard InChI is InChI=1S/C10H8F2O3/c1-14-10(13)7-4-15-9-6(7)2-5(11)3-8(9)12/h2-3,7H,4H2,1H3. The summed E-state index contributed by atoms with van der Waals surface area (Å²) in [6.07, 6.45) is 0. The Morgan fingerprint density at radius 3 is 2.93 bits per heavy atom. The number of hydrogen-bond acceptors (Lipinski definition) is 3. The lowest BCUT2D eigenvalue weighted by Gasteiger charge is -2.05. The van der Waals surface area contributed by atoms with E-state index in [2.05, 4.69) is 4.74 Å². The minimum atomic E-state index is -0.795. The molecule has 0 bridgehead atoms. The molecule has 1 aromatic carbocycles. The lowest BCUT2D eigenvalue weighted by atomic mass is 10.0. The van der Waals surface area contributed by atoms with Crippen LogP contribution in [0.2, 0.25) is 0 Å². The first kappa shape index (κ1) is 9.89. The molecule has 0 spiro atoms. The molecular weight excluding hydrogens is 206 g/mol.